The third-order valence-corrected chi connectivity index (χ3v) is 4.53. The molecule has 0 aromatic rings. The molecule has 0 aliphatic carbocycles. The van der Waals surface area contributed by atoms with Gasteiger partial charge in [-0.3, -0.25) is 9.69 Å². The van der Waals surface area contributed by atoms with Gasteiger partial charge in [-0.2, -0.15) is 11.8 Å². The first kappa shape index (κ1) is 12.2. The average molecular weight is 245 g/mol. The summed E-state index contributed by atoms with van der Waals surface area (Å²) in [5.74, 6) is 1.28. The lowest BCUT2D eigenvalue weighted by Crippen LogP contribution is -2.57. The number of thioether (sulfide) groups is 1. The second-order valence-electron chi connectivity index (χ2n) is 4.40. The zero-order valence-electron chi connectivity index (χ0n) is 9.48. The first-order valence-corrected chi connectivity index (χ1v) is 7.05. The van der Waals surface area contributed by atoms with E-state index >= 15 is 0 Å². The lowest BCUT2D eigenvalue weighted by molar-refractivity contribution is -0.152. The van der Waals surface area contributed by atoms with Crippen LogP contribution in [0.1, 0.15) is 19.3 Å². The van der Waals surface area contributed by atoms with E-state index < -0.39 is 11.5 Å². The summed E-state index contributed by atoms with van der Waals surface area (Å²) >= 11 is 1.86. The number of aliphatic carboxylic acids is 1. The van der Waals surface area contributed by atoms with Crippen LogP contribution >= 0.6 is 11.8 Å². The highest BCUT2D eigenvalue weighted by Gasteiger charge is 2.44. The fourth-order valence-electron chi connectivity index (χ4n) is 2.55. The van der Waals surface area contributed by atoms with Crippen molar-refractivity contribution in [2.75, 3.05) is 37.8 Å². The molecule has 16 heavy (non-hydrogen) atoms. The zero-order chi connectivity index (χ0) is 11.4. The molecule has 0 radical (unpaired) electrons. The Kier molecular flexibility index (Phi) is 4.10. The van der Waals surface area contributed by atoms with Gasteiger partial charge in [0.05, 0.1) is 6.61 Å². The molecule has 2 aliphatic rings. The van der Waals surface area contributed by atoms with Crippen LogP contribution in [0.3, 0.4) is 0 Å². The van der Waals surface area contributed by atoms with Crippen LogP contribution in [0.25, 0.3) is 0 Å². The van der Waals surface area contributed by atoms with Gasteiger partial charge >= 0.3 is 5.97 Å². The molecule has 0 bridgehead atoms. The lowest BCUT2D eigenvalue weighted by atomic mass is 9.89. The molecule has 2 rings (SSSR count). The minimum Gasteiger partial charge on any atom is -0.480 e. The van der Waals surface area contributed by atoms with Crippen LogP contribution in [0.2, 0.25) is 0 Å². The molecule has 2 heterocycles. The summed E-state index contributed by atoms with van der Waals surface area (Å²) in [4.78, 5) is 13.7. The Hall–Kier alpha value is -0.260. The molecule has 0 unspecified atom stereocenters. The van der Waals surface area contributed by atoms with E-state index in [4.69, 9.17) is 4.74 Å². The maximum atomic E-state index is 11.6. The quantitative estimate of drug-likeness (QED) is 0.788. The number of rotatable bonds is 2. The fourth-order valence-corrected chi connectivity index (χ4v) is 3.72. The van der Waals surface area contributed by atoms with E-state index in [1.807, 2.05) is 11.8 Å². The largest absolute Gasteiger partial charge is 0.480 e. The van der Waals surface area contributed by atoms with Crippen LogP contribution in [0.4, 0.5) is 0 Å². The number of hydrogen-bond acceptors (Lipinski definition) is 4. The first-order valence-electron chi connectivity index (χ1n) is 5.90. The van der Waals surface area contributed by atoms with Crippen molar-refractivity contribution in [3.63, 3.8) is 0 Å². The molecule has 92 valence electrons. The van der Waals surface area contributed by atoms with Gasteiger partial charge in [-0.1, -0.05) is 0 Å². The number of hydrogen-bond donors (Lipinski definition) is 1. The predicted molar refractivity (Wildman–Crippen MR) is 63.9 cm³/mol. The van der Waals surface area contributed by atoms with Gasteiger partial charge in [0.15, 0.2) is 0 Å². The van der Waals surface area contributed by atoms with Gasteiger partial charge in [-0.15, -0.1) is 0 Å². The van der Waals surface area contributed by atoms with Gasteiger partial charge in [-0.25, -0.2) is 0 Å². The van der Waals surface area contributed by atoms with Crippen molar-refractivity contribution in [2.45, 2.75) is 24.8 Å². The number of nitrogens with zero attached hydrogens (tertiary/aromatic N) is 1. The van der Waals surface area contributed by atoms with Gasteiger partial charge in [0.25, 0.3) is 0 Å². The summed E-state index contributed by atoms with van der Waals surface area (Å²) in [7, 11) is 0. The summed E-state index contributed by atoms with van der Waals surface area (Å²) in [5.41, 5.74) is -0.612. The third kappa shape index (κ3) is 2.36. The smallest absolute Gasteiger partial charge is 0.324 e. The van der Waals surface area contributed by atoms with Crippen molar-refractivity contribution in [3.05, 3.63) is 0 Å². The van der Waals surface area contributed by atoms with Crippen molar-refractivity contribution in [1.82, 2.24) is 4.90 Å². The van der Waals surface area contributed by atoms with E-state index in [1.54, 1.807) is 0 Å². The molecule has 1 N–H and O–H groups in total. The second-order valence-corrected chi connectivity index (χ2v) is 5.63. The van der Waals surface area contributed by atoms with E-state index in [9.17, 15) is 9.90 Å². The first-order chi connectivity index (χ1) is 7.76. The van der Waals surface area contributed by atoms with Crippen LogP contribution in [0, 0.1) is 0 Å². The van der Waals surface area contributed by atoms with Gasteiger partial charge in [0, 0.05) is 19.7 Å². The summed E-state index contributed by atoms with van der Waals surface area (Å²) < 4.78 is 5.40. The molecule has 0 aromatic carbocycles. The SMILES string of the molecule is O=C(O)C1(N2CCCOCC2)CCSCC1. The summed E-state index contributed by atoms with van der Waals surface area (Å²) in [6.45, 7) is 3.05. The maximum absolute atomic E-state index is 11.6. The molecule has 5 heteroatoms. The Labute approximate surface area is 100 Å². The summed E-state index contributed by atoms with van der Waals surface area (Å²) in [5, 5.41) is 9.54. The molecule has 0 saturated carbocycles. The highest BCUT2D eigenvalue weighted by Crippen LogP contribution is 2.33. The van der Waals surface area contributed by atoms with Gasteiger partial charge < -0.3 is 9.84 Å². The summed E-state index contributed by atoms with van der Waals surface area (Å²) in [6.07, 6.45) is 2.49. The zero-order valence-corrected chi connectivity index (χ0v) is 10.3. The maximum Gasteiger partial charge on any atom is 0.324 e. The molecule has 0 amide bonds. The Bertz CT molecular complexity index is 246. The normalized spacial score (nSPS) is 27.2. The standard InChI is InChI=1S/C11H19NO3S/c13-10(14)11(2-8-16-9-3-11)12-4-1-6-15-7-5-12/h1-9H2,(H,13,14). The fraction of sp³-hybridized carbons (Fsp3) is 0.909. The molecule has 2 fully saturated rings. The number of carboxylic acids is 1. The van der Waals surface area contributed by atoms with Crippen LogP contribution in [0.15, 0.2) is 0 Å². The van der Waals surface area contributed by atoms with Gasteiger partial charge in [0.1, 0.15) is 5.54 Å². The monoisotopic (exact) mass is 245 g/mol. The van der Waals surface area contributed by atoms with Crippen molar-refractivity contribution >= 4 is 17.7 Å². The molecule has 4 nitrogen and oxygen atoms in total. The molecular formula is C11H19NO3S. The Morgan fingerprint density at radius 1 is 1.25 bits per heavy atom. The van der Waals surface area contributed by atoms with Crippen LogP contribution < -0.4 is 0 Å². The Morgan fingerprint density at radius 3 is 2.69 bits per heavy atom. The minimum atomic E-state index is -0.644. The van der Waals surface area contributed by atoms with Gasteiger partial charge in [-0.05, 0) is 30.8 Å². The van der Waals surface area contributed by atoms with E-state index in [0.717, 1.165) is 50.5 Å². The van der Waals surface area contributed by atoms with Crippen LogP contribution in [-0.4, -0.2) is 59.3 Å². The number of ether oxygens (including phenoxy) is 1. The van der Waals surface area contributed by atoms with Crippen molar-refractivity contribution in [3.8, 4) is 0 Å². The molecule has 0 aromatic heterocycles. The molecule has 2 saturated heterocycles. The van der Waals surface area contributed by atoms with E-state index in [0.29, 0.717) is 6.61 Å². The average Bonchev–Trinajstić information content (AvgIpc) is 2.58. The van der Waals surface area contributed by atoms with Gasteiger partial charge in [0.2, 0.25) is 0 Å². The Balaban J connectivity index is 2.12. The van der Waals surface area contributed by atoms with E-state index in [-0.39, 0.29) is 0 Å². The molecule has 0 spiro atoms. The third-order valence-electron chi connectivity index (χ3n) is 3.55. The van der Waals surface area contributed by atoms with E-state index in [1.165, 1.54) is 0 Å². The van der Waals surface area contributed by atoms with Crippen molar-refractivity contribution in [2.24, 2.45) is 0 Å². The Morgan fingerprint density at radius 2 is 2.00 bits per heavy atom. The molecule has 0 atom stereocenters. The lowest BCUT2D eigenvalue weighted by Gasteiger charge is -2.42. The topological polar surface area (TPSA) is 49.8 Å². The van der Waals surface area contributed by atoms with Crippen molar-refractivity contribution < 1.29 is 14.6 Å². The predicted octanol–water partition coefficient (Wildman–Crippen LogP) is 1.06. The van der Waals surface area contributed by atoms with Crippen molar-refractivity contribution in [1.29, 1.82) is 0 Å². The number of carboxylic acid groups (broad SMARTS) is 1. The highest BCUT2D eigenvalue weighted by molar-refractivity contribution is 7.99. The molecular weight excluding hydrogens is 226 g/mol. The summed E-state index contributed by atoms with van der Waals surface area (Å²) in [6, 6.07) is 0. The van der Waals surface area contributed by atoms with E-state index in [2.05, 4.69) is 4.90 Å². The number of carbonyl (C=O) groups is 1. The molecule has 2 aliphatic heterocycles. The minimum absolute atomic E-state index is 0.612. The highest BCUT2D eigenvalue weighted by atomic mass is 32.2. The second kappa shape index (κ2) is 5.38. The van der Waals surface area contributed by atoms with Crippen LogP contribution in [0.5, 0.6) is 0 Å². The van der Waals surface area contributed by atoms with Crippen LogP contribution in [-0.2, 0) is 9.53 Å².